The van der Waals surface area contributed by atoms with Crippen LogP contribution in [0, 0.1) is 0 Å². The van der Waals surface area contributed by atoms with Crippen LogP contribution in [0.15, 0.2) is 48.5 Å². The summed E-state index contributed by atoms with van der Waals surface area (Å²) in [6.45, 7) is 6.33. The first-order chi connectivity index (χ1) is 13.8. The number of hydrogen-bond acceptors (Lipinski definition) is 3. The first-order valence-electron chi connectivity index (χ1n) is 10.2. The van der Waals surface area contributed by atoms with Gasteiger partial charge in [-0.05, 0) is 56.4 Å². The van der Waals surface area contributed by atoms with E-state index in [-0.39, 0.29) is 17.7 Å². The van der Waals surface area contributed by atoms with Gasteiger partial charge in [0.05, 0.1) is 11.6 Å². The van der Waals surface area contributed by atoms with E-state index in [4.69, 9.17) is 4.74 Å². The summed E-state index contributed by atoms with van der Waals surface area (Å²) in [4.78, 5) is 26.2. The molecular weight excluding hydrogens is 366 g/mol. The minimum atomic E-state index is -0.940. The lowest BCUT2D eigenvalue weighted by Crippen LogP contribution is -2.39. The Morgan fingerprint density at radius 3 is 2.34 bits per heavy atom. The zero-order chi connectivity index (χ0) is 21.0. The predicted octanol–water partition coefficient (Wildman–Crippen LogP) is 5.90. The second kappa shape index (κ2) is 8.68. The van der Waals surface area contributed by atoms with Gasteiger partial charge in [-0.15, -0.1) is 0 Å². The molecule has 0 unspecified atom stereocenters. The SMILES string of the molecule is CC(C)(C)OC(=O)N1CCCCC[C@@H]1c1ccc(-c2ccccc2C(=O)O)cc1. The summed E-state index contributed by atoms with van der Waals surface area (Å²) in [6, 6.07) is 14.8. The van der Waals surface area contributed by atoms with Crippen molar-refractivity contribution in [2.75, 3.05) is 6.54 Å². The number of carboxylic acids is 1. The van der Waals surface area contributed by atoms with Crippen LogP contribution in [0.5, 0.6) is 0 Å². The Balaban J connectivity index is 1.88. The average molecular weight is 395 g/mol. The minimum Gasteiger partial charge on any atom is -0.478 e. The lowest BCUT2D eigenvalue weighted by atomic mass is 9.95. The largest absolute Gasteiger partial charge is 0.478 e. The van der Waals surface area contributed by atoms with Crippen LogP contribution in [0.25, 0.3) is 11.1 Å². The number of rotatable bonds is 3. The Morgan fingerprint density at radius 1 is 1.00 bits per heavy atom. The zero-order valence-corrected chi connectivity index (χ0v) is 17.4. The van der Waals surface area contributed by atoms with Gasteiger partial charge < -0.3 is 14.7 Å². The van der Waals surface area contributed by atoms with E-state index in [9.17, 15) is 14.7 Å². The highest BCUT2D eigenvalue weighted by atomic mass is 16.6. The minimum absolute atomic E-state index is 0.0314. The standard InChI is InChI=1S/C24H29NO4/c1-24(2,3)29-23(28)25-16-8-4-5-11-21(25)18-14-12-17(13-15-18)19-9-6-7-10-20(19)22(26)27/h6-7,9-10,12-15,21H,4-5,8,11,16H2,1-3H3,(H,26,27)/t21-/m1/s1. The van der Waals surface area contributed by atoms with Gasteiger partial charge in [-0.1, -0.05) is 55.3 Å². The molecular formula is C24H29NO4. The number of carbonyl (C=O) groups excluding carboxylic acids is 1. The molecule has 0 aliphatic carbocycles. The topological polar surface area (TPSA) is 66.8 Å². The fourth-order valence-electron chi connectivity index (χ4n) is 3.80. The van der Waals surface area contributed by atoms with Crippen LogP contribution in [0.4, 0.5) is 4.79 Å². The van der Waals surface area contributed by atoms with Gasteiger partial charge in [-0.25, -0.2) is 9.59 Å². The Bertz CT molecular complexity index is 867. The third-order valence-electron chi connectivity index (χ3n) is 5.14. The highest BCUT2D eigenvalue weighted by Gasteiger charge is 2.30. The van der Waals surface area contributed by atoms with Crippen molar-refractivity contribution in [3.8, 4) is 11.1 Å². The average Bonchev–Trinajstić information content (AvgIpc) is 2.93. The lowest BCUT2D eigenvalue weighted by Gasteiger charge is -2.32. The zero-order valence-electron chi connectivity index (χ0n) is 17.4. The summed E-state index contributed by atoms with van der Waals surface area (Å²) in [5.74, 6) is -0.940. The van der Waals surface area contributed by atoms with Crippen LogP contribution >= 0.6 is 0 Å². The first kappa shape index (κ1) is 20.9. The van der Waals surface area contributed by atoms with Crippen molar-refractivity contribution in [1.29, 1.82) is 0 Å². The maximum atomic E-state index is 12.8. The van der Waals surface area contributed by atoms with E-state index in [0.717, 1.165) is 36.8 Å². The fraction of sp³-hybridized carbons (Fsp3) is 0.417. The molecule has 1 fully saturated rings. The van der Waals surface area contributed by atoms with Crippen LogP contribution in [0.1, 0.15) is 68.4 Å². The summed E-state index contributed by atoms with van der Waals surface area (Å²) in [5.41, 5.74) is 2.35. The Labute approximate surface area is 172 Å². The molecule has 1 amide bonds. The van der Waals surface area contributed by atoms with Crippen molar-refractivity contribution >= 4 is 12.1 Å². The number of amides is 1. The third-order valence-corrected chi connectivity index (χ3v) is 5.14. The molecule has 1 N–H and O–H groups in total. The summed E-state index contributed by atoms with van der Waals surface area (Å²) in [6.07, 6.45) is 3.75. The molecule has 5 nitrogen and oxygen atoms in total. The van der Waals surface area contributed by atoms with Gasteiger partial charge in [-0.2, -0.15) is 0 Å². The molecule has 1 aliphatic rings. The van der Waals surface area contributed by atoms with Gasteiger partial charge in [0, 0.05) is 6.54 Å². The number of likely N-dealkylation sites (tertiary alicyclic amines) is 1. The van der Waals surface area contributed by atoms with Gasteiger partial charge in [0.15, 0.2) is 0 Å². The van der Waals surface area contributed by atoms with Crippen molar-refractivity contribution in [1.82, 2.24) is 4.90 Å². The number of hydrogen-bond donors (Lipinski definition) is 1. The van der Waals surface area contributed by atoms with Crippen LogP contribution in [-0.2, 0) is 4.74 Å². The second-order valence-corrected chi connectivity index (χ2v) is 8.51. The summed E-state index contributed by atoms with van der Waals surface area (Å²) < 4.78 is 5.64. The predicted molar refractivity (Wildman–Crippen MR) is 113 cm³/mol. The lowest BCUT2D eigenvalue weighted by molar-refractivity contribution is 0.0163. The molecule has 0 bridgehead atoms. The van der Waals surface area contributed by atoms with Crippen molar-refractivity contribution in [3.05, 3.63) is 59.7 Å². The van der Waals surface area contributed by atoms with Crippen molar-refractivity contribution in [2.24, 2.45) is 0 Å². The highest BCUT2D eigenvalue weighted by Crippen LogP contribution is 2.33. The number of nitrogens with zero attached hydrogens (tertiary/aromatic N) is 1. The summed E-state index contributed by atoms with van der Waals surface area (Å²) in [7, 11) is 0. The van der Waals surface area contributed by atoms with Crippen LogP contribution < -0.4 is 0 Å². The second-order valence-electron chi connectivity index (χ2n) is 8.51. The molecule has 1 heterocycles. The Kier molecular flexibility index (Phi) is 6.26. The molecule has 2 aromatic rings. The first-order valence-corrected chi connectivity index (χ1v) is 10.2. The number of carboxylic acid groups (broad SMARTS) is 1. The molecule has 3 rings (SSSR count). The molecule has 0 saturated carbocycles. The maximum Gasteiger partial charge on any atom is 0.410 e. The smallest absolute Gasteiger partial charge is 0.410 e. The summed E-state index contributed by atoms with van der Waals surface area (Å²) >= 11 is 0. The molecule has 2 aromatic carbocycles. The highest BCUT2D eigenvalue weighted by molar-refractivity contribution is 5.96. The molecule has 29 heavy (non-hydrogen) atoms. The quantitative estimate of drug-likeness (QED) is 0.702. The van der Waals surface area contributed by atoms with Gasteiger partial charge in [0.2, 0.25) is 0 Å². The van der Waals surface area contributed by atoms with Gasteiger partial charge in [0.1, 0.15) is 5.60 Å². The van der Waals surface area contributed by atoms with E-state index in [1.807, 2.05) is 62.1 Å². The molecule has 154 valence electrons. The van der Waals surface area contributed by atoms with Crippen LogP contribution in [-0.4, -0.2) is 34.2 Å². The number of ether oxygens (including phenoxy) is 1. The van der Waals surface area contributed by atoms with Gasteiger partial charge in [0.25, 0.3) is 0 Å². The third kappa shape index (κ3) is 5.17. The van der Waals surface area contributed by atoms with Crippen LogP contribution in [0.2, 0.25) is 0 Å². The van der Waals surface area contributed by atoms with E-state index < -0.39 is 11.6 Å². The summed E-state index contributed by atoms with van der Waals surface area (Å²) in [5, 5.41) is 9.45. The van der Waals surface area contributed by atoms with Crippen molar-refractivity contribution in [3.63, 3.8) is 0 Å². The fourth-order valence-corrected chi connectivity index (χ4v) is 3.80. The van der Waals surface area contributed by atoms with E-state index in [1.165, 1.54) is 0 Å². The van der Waals surface area contributed by atoms with E-state index in [2.05, 4.69) is 0 Å². The monoisotopic (exact) mass is 395 g/mol. The van der Waals surface area contributed by atoms with Crippen molar-refractivity contribution in [2.45, 2.75) is 58.1 Å². The maximum absolute atomic E-state index is 12.8. The Hall–Kier alpha value is -2.82. The normalized spacial score (nSPS) is 17.5. The van der Waals surface area contributed by atoms with Gasteiger partial charge >= 0.3 is 12.1 Å². The molecule has 1 atom stereocenters. The van der Waals surface area contributed by atoms with E-state index in [0.29, 0.717) is 12.1 Å². The number of benzene rings is 2. The molecule has 0 aromatic heterocycles. The van der Waals surface area contributed by atoms with E-state index in [1.54, 1.807) is 12.1 Å². The molecule has 1 saturated heterocycles. The number of aromatic carboxylic acids is 1. The van der Waals surface area contributed by atoms with Crippen molar-refractivity contribution < 1.29 is 19.4 Å². The molecule has 0 radical (unpaired) electrons. The molecule has 1 aliphatic heterocycles. The molecule has 0 spiro atoms. The number of carbonyl (C=O) groups is 2. The van der Waals surface area contributed by atoms with E-state index >= 15 is 0 Å². The Morgan fingerprint density at radius 2 is 1.69 bits per heavy atom. The van der Waals surface area contributed by atoms with Crippen LogP contribution in [0.3, 0.4) is 0 Å². The molecule has 5 heteroatoms. The van der Waals surface area contributed by atoms with Gasteiger partial charge in [-0.3, -0.25) is 0 Å².